The Balaban J connectivity index is 0.00000176. The van der Waals surface area contributed by atoms with Gasteiger partial charge in [-0.05, 0) is 43.5 Å². The smallest absolute Gasteiger partial charge is 0.236 e. The van der Waals surface area contributed by atoms with Crippen LogP contribution in [0.25, 0.3) is 0 Å². The highest BCUT2D eigenvalue weighted by Gasteiger charge is 2.29. The zero-order valence-electron chi connectivity index (χ0n) is 13.1. The maximum Gasteiger partial charge on any atom is 0.236 e. The molecule has 0 aliphatic carbocycles. The molecule has 2 saturated heterocycles. The zero-order valence-corrected chi connectivity index (χ0v) is 13.9. The van der Waals surface area contributed by atoms with Crippen molar-refractivity contribution in [3.05, 3.63) is 29.6 Å². The van der Waals surface area contributed by atoms with E-state index in [1.54, 1.807) is 0 Å². The topological polar surface area (TPSA) is 48.5 Å². The summed E-state index contributed by atoms with van der Waals surface area (Å²) in [5.41, 5.74) is 2.59. The Morgan fingerprint density at radius 1 is 1.41 bits per heavy atom. The van der Waals surface area contributed by atoms with Crippen LogP contribution in [0.15, 0.2) is 18.5 Å². The second kappa shape index (κ2) is 7.90. The fraction of sp³-hybridized carbons (Fsp3) is 0.625. The number of piperazine rings is 1. The summed E-state index contributed by atoms with van der Waals surface area (Å²) in [5.74, 6) is 0.255. The molecule has 1 aromatic heterocycles. The summed E-state index contributed by atoms with van der Waals surface area (Å²) in [6.07, 6.45) is 6.11. The van der Waals surface area contributed by atoms with Crippen LogP contribution < -0.4 is 5.32 Å². The van der Waals surface area contributed by atoms with Gasteiger partial charge in [0.05, 0.1) is 6.54 Å². The number of halogens is 1. The molecule has 0 spiro atoms. The third-order valence-corrected chi connectivity index (χ3v) is 4.59. The van der Waals surface area contributed by atoms with Gasteiger partial charge >= 0.3 is 0 Å². The minimum atomic E-state index is 0. The minimum Gasteiger partial charge on any atom is -0.336 e. The van der Waals surface area contributed by atoms with E-state index < -0.39 is 0 Å². The number of carbonyl (C=O) groups excluding carboxylic acids is 1. The Morgan fingerprint density at radius 2 is 2.27 bits per heavy atom. The van der Waals surface area contributed by atoms with Gasteiger partial charge in [0, 0.05) is 44.6 Å². The number of pyridine rings is 1. The molecule has 3 heterocycles. The second-order valence-corrected chi connectivity index (χ2v) is 6.10. The largest absolute Gasteiger partial charge is 0.336 e. The van der Waals surface area contributed by atoms with E-state index in [-0.39, 0.29) is 18.3 Å². The first-order valence-electron chi connectivity index (χ1n) is 7.86. The predicted molar refractivity (Wildman–Crippen MR) is 89.1 cm³/mol. The van der Waals surface area contributed by atoms with Crippen molar-refractivity contribution in [1.29, 1.82) is 0 Å². The van der Waals surface area contributed by atoms with Crippen LogP contribution in [0.4, 0.5) is 0 Å². The van der Waals surface area contributed by atoms with Crippen LogP contribution in [-0.2, 0) is 11.3 Å². The van der Waals surface area contributed by atoms with Gasteiger partial charge in [-0.15, -0.1) is 12.4 Å². The number of nitrogens with one attached hydrogen (secondary N) is 1. The Hall–Kier alpha value is -1.17. The maximum atomic E-state index is 12.0. The first-order chi connectivity index (χ1) is 10.2. The van der Waals surface area contributed by atoms with Gasteiger partial charge in [0.15, 0.2) is 0 Å². The molecule has 0 bridgehead atoms. The van der Waals surface area contributed by atoms with Gasteiger partial charge in [0.2, 0.25) is 5.91 Å². The van der Waals surface area contributed by atoms with E-state index in [9.17, 15) is 4.79 Å². The average Bonchev–Trinajstić information content (AvgIpc) is 2.50. The average molecular weight is 325 g/mol. The number of aromatic nitrogens is 1. The number of aryl methyl sites for hydroxylation is 1. The molecule has 2 aliphatic rings. The lowest BCUT2D eigenvalue weighted by Crippen LogP contribution is -2.56. The number of amides is 1. The van der Waals surface area contributed by atoms with Gasteiger partial charge in [-0.3, -0.25) is 14.7 Å². The number of rotatable bonds is 3. The lowest BCUT2D eigenvalue weighted by Gasteiger charge is -2.41. The molecule has 2 aliphatic heterocycles. The highest BCUT2D eigenvalue weighted by Crippen LogP contribution is 2.19. The molecule has 5 nitrogen and oxygen atoms in total. The summed E-state index contributed by atoms with van der Waals surface area (Å²) in [5, 5.41) is 3.15. The lowest BCUT2D eigenvalue weighted by atomic mass is 10.0. The monoisotopic (exact) mass is 324 g/mol. The molecule has 0 saturated carbocycles. The highest BCUT2D eigenvalue weighted by atomic mass is 35.5. The van der Waals surface area contributed by atoms with E-state index in [0.717, 1.165) is 39.1 Å². The SMILES string of the molecule is Cc1ccncc1CN1CCCC(N2CCNCC2=O)C1.Cl. The quantitative estimate of drug-likeness (QED) is 0.908. The van der Waals surface area contributed by atoms with Crippen molar-refractivity contribution >= 4 is 18.3 Å². The number of carbonyl (C=O) groups is 1. The van der Waals surface area contributed by atoms with Gasteiger partial charge in [-0.2, -0.15) is 0 Å². The molecule has 1 atom stereocenters. The molecule has 1 N–H and O–H groups in total. The van der Waals surface area contributed by atoms with Gasteiger partial charge in [0.25, 0.3) is 0 Å². The summed E-state index contributed by atoms with van der Waals surface area (Å²) in [7, 11) is 0. The number of likely N-dealkylation sites (tertiary alicyclic amines) is 1. The number of hydrogen-bond donors (Lipinski definition) is 1. The van der Waals surface area contributed by atoms with Crippen LogP contribution in [0.2, 0.25) is 0 Å². The van der Waals surface area contributed by atoms with Crippen molar-refractivity contribution in [1.82, 2.24) is 20.1 Å². The molecule has 0 radical (unpaired) electrons. The summed E-state index contributed by atoms with van der Waals surface area (Å²) in [6, 6.07) is 2.45. The van der Waals surface area contributed by atoms with Crippen LogP contribution in [-0.4, -0.2) is 59.5 Å². The highest BCUT2D eigenvalue weighted by molar-refractivity contribution is 5.85. The minimum absolute atomic E-state index is 0. The lowest BCUT2D eigenvalue weighted by molar-refractivity contribution is -0.135. The molecular weight excluding hydrogens is 300 g/mol. The van der Waals surface area contributed by atoms with Crippen LogP contribution in [0.1, 0.15) is 24.0 Å². The Bertz CT molecular complexity index is 511. The molecule has 22 heavy (non-hydrogen) atoms. The maximum absolute atomic E-state index is 12.0. The first kappa shape index (κ1) is 17.2. The van der Waals surface area contributed by atoms with Gasteiger partial charge in [0.1, 0.15) is 0 Å². The molecule has 122 valence electrons. The third-order valence-electron chi connectivity index (χ3n) is 4.59. The van der Waals surface area contributed by atoms with E-state index in [4.69, 9.17) is 0 Å². The van der Waals surface area contributed by atoms with Crippen LogP contribution >= 0.6 is 12.4 Å². The van der Waals surface area contributed by atoms with Crippen molar-refractivity contribution in [2.45, 2.75) is 32.4 Å². The van der Waals surface area contributed by atoms with Gasteiger partial charge in [-0.25, -0.2) is 0 Å². The van der Waals surface area contributed by atoms with Gasteiger partial charge in [-0.1, -0.05) is 0 Å². The van der Waals surface area contributed by atoms with Crippen LogP contribution in [0, 0.1) is 6.92 Å². The molecule has 1 unspecified atom stereocenters. The molecular formula is C16H25ClN4O. The fourth-order valence-corrected chi connectivity index (χ4v) is 3.34. The summed E-state index contributed by atoms with van der Waals surface area (Å²) >= 11 is 0. The molecule has 1 aromatic rings. The Labute approximate surface area is 138 Å². The molecule has 3 rings (SSSR count). The van der Waals surface area contributed by atoms with E-state index in [1.165, 1.54) is 17.5 Å². The predicted octanol–water partition coefficient (Wildman–Crippen LogP) is 1.21. The fourth-order valence-electron chi connectivity index (χ4n) is 3.34. The second-order valence-electron chi connectivity index (χ2n) is 6.10. The molecule has 2 fully saturated rings. The summed E-state index contributed by atoms with van der Waals surface area (Å²) in [6.45, 7) is 7.45. The van der Waals surface area contributed by atoms with Crippen molar-refractivity contribution in [3.8, 4) is 0 Å². The van der Waals surface area contributed by atoms with Crippen molar-refractivity contribution < 1.29 is 4.79 Å². The van der Waals surface area contributed by atoms with Crippen LogP contribution in [0.3, 0.4) is 0 Å². The van der Waals surface area contributed by atoms with E-state index in [2.05, 4.69) is 33.1 Å². The van der Waals surface area contributed by atoms with Gasteiger partial charge < -0.3 is 10.2 Å². The molecule has 0 aromatic carbocycles. The number of piperidine rings is 1. The Morgan fingerprint density at radius 3 is 3.05 bits per heavy atom. The normalized spacial score (nSPS) is 23.2. The summed E-state index contributed by atoms with van der Waals surface area (Å²) < 4.78 is 0. The van der Waals surface area contributed by atoms with Crippen molar-refractivity contribution in [3.63, 3.8) is 0 Å². The first-order valence-corrected chi connectivity index (χ1v) is 7.86. The van der Waals surface area contributed by atoms with Crippen LogP contribution in [0.5, 0.6) is 0 Å². The zero-order chi connectivity index (χ0) is 14.7. The molecule has 1 amide bonds. The van der Waals surface area contributed by atoms with Crippen molar-refractivity contribution in [2.24, 2.45) is 0 Å². The van der Waals surface area contributed by atoms with E-state index >= 15 is 0 Å². The Kier molecular flexibility index (Phi) is 6.17. The van der Waals surface area contributed by atoms with Crippen molar-refractivity contribution in [2.75, 3.05) is 32.7 Å². The standard InChI is InChI=1S/C16H24N4O.ClH/c1-13-4-5-17-9-14(13)11-19-7-2-3-15(12-19)20-8-6-18-10-16(20)21;/h4-5,9,15,18H,2-3,6-8,10-12H2,1H3;1H. The number of hydrogen-bond acceptors (Lipinski definition) is 4. The van der Waals surface area contributed by atoms with E-state index in [0.29, 0.717) is 12.6 Å². The summed E-state index contributed by atoms with van der Waals surface area (Å²) in [4.78, 5) is 20.8. The molecule has 6 heteroatoms. The number of nitrogens with zero attached hydrogens (tertiary/aromatic N) is 3. The van der Waals surface area contributed by atoms with E-state index in [1.807, 2.05) is 12.4 Å². The third kappa shape index (κ3) is 3.97.